The van der Waals surface area contributed by atoms with Crippen LogP contribution in [0.4, 0.5) is 0 Å². The number of nitrogens with zero attached hydrogens (tertiary/aromatic N) is 4. The number of ether oxygens (including phenoxy) is 1. The van der Waals surface area contributed by atoms with Crippen LogP contribution in [0, 0.1) is 0 Å². The molecule has 224 valence electrons. The second kappa shape index (κ2) is 12.3. The summed E-state index contributed by atoms with van der Waals surface area (Å²) in [5.41, 5.74) is 4.75. The molecule has 0 aliphatic carbocycles. The molecule has 0 N–H and O–H groups in total. The number of para-hydroxylation sites is 2. The molecule has 44 heavy (non-hydrogen) atoms. The van der Waals surface area contributed by atoms with E-state index in [1.54, 1.807) is 16.6 Å². The molecule has 0 unspecified atom stereocenters. The molecule has 0 radical (unpaired) electrons. The van der Waals surface area contributed by atoms with Gasteiger partial charge in [0.1, 0.15) is 11.8 Å². The number of amides is 1. The first-order chi connectivity index (χ1) is 21.3. The van der Waals surface area contributed by atoms with Crippen LogP contribution in [-0.2, 0) is 11.3 Å². The molecule has 1 aliphatic rings. The maximum absolute atomic E-state index is 14.3. The number of aromatic nitrogens is 2. The number of methoxy groups -OCH3 is 1. The zero-order valence-corrected chi connectivity index (χ0v) is 26.7. The third-order valence-electron chi connectivity index (χ3n) is 8.11. The van der Waals surface area contributed by atoms with Crippen molar-refractivity contribution in [2.45, 2.75) is 33.4 Å². The molecule has 0 spiro atoms. The van der Waals surface area contributed by atoms with E-state index in [0.29, 0.717) is 51.0 Å². The molecule has 0 saturated heterocycles. The van der Waals surface area contributed by atoms with Crippen LogP contribution < -0.4 is 19.6 Å². The van der Waals surface area contributed by atoms with Gasteiger partial charge >= 0.3 is 0 Å². The molecule has 1 aliphatic heterocycles. The second-order valence-corrected chi connectivity index (χ2v) is 12.1. The van der Waals surface area contributed by atoms with Crippen molar-refractivity contribution >= 4 is 45.8 Å². The lowest BCUT2D eigenvalue weighted by Gasteiger charge is -2.29. The van der Waals surface area contributed by atoms with Crippen LogP contribution in [0.25, 0.3) is 17.0 Å². The first-order valence-electron chi connectivity index (χ1n) is 14.6. The van der Waals surface area contributed by atoms with Crippen molar-refractivity contribution in [2.75, 3.05) is 20.2 Å². The second-order valence-electron chi connectivity index (χ2n) is 10.7. The lowest BCUT2D eigenvalue weighted by atomic mass is 9.94. The van der Waals surface area contributed by atoms with Gasteiger partial charge in [-0.3, -0.25) is 14.2 Å². The van der Waals surface area contributed by atoms with Crippen molar-refractivity contribution in [2.24, 2.45) is 4.99 Å². The third kappa shape index (κ3) is 5.29. The number of carbonyl (C=O) groups is 1. The molecular formula is C35H33ClN4O3S. The Morgan fingerprint density at radius 2 is 1.75 bits per heavy atom. The quantitative estimate of drug-likeness (QED) is 0.220. The monoisotopic (exact) mass is 624 g/mol. The van der Waals surface area contributed by atoms with Gasteiger partial charge < -0.3 is 14.2 Å². The Morgan fingerprint density at radius 3 is 2.48 bits per heavy atom. The number of allylic oxidation sites excluding steroid dienone is 1. The van der Waals surface area contributed by atoms with E-state index in [1.165, 1.54) is 11.3 Å². The highest BCUT2D eigenvalue weighted by Gasteiger charge is 2.35. The fourth-order valence-electron chi connectivity index (χ4n) is 5.91. The van der Waals surface area contributed by atoms with Gasteiger partial charge in [0.05, 0.1) is 22.9 Å². The molecule has 3 aromatic carbocycles. The Kier molecular flexibility index (Phi) is 8.29. The van der Waals surface area contributed by atoms with Gasteiger partial charge in [-0.1, -0.05) is 71.5 Å². The summed E-state index contributed by atoms with van der Waals surface area (Å²) >= 11 is 7.45. The van der Waals surface area contributed by atoms with Gasteiger partial charge in [0.15, 0.2) is 4.80 Å². The minimum atomic E-state index is -0.677. The van der Waals surface area contributed by atoms with E-state index < -0.39 is 6.04 Å². The predicted molar refractivity (Wildman–Crippen MR) is 177 cm³/mol. The summed E-state index contributed by atoms with van der Waals surface area (Å²) in [4.78, 5) is 35.4. The number of rotatable bonds is 8. The average Bonchev–Trinajstić information content (AvgIpc) is 3.54. The van der Waals surface area contributed by atoms with Crippen LogP contribution in [0.15, 0.2) is 100 Å². The first-order valence-corrected chi connectivity index (χ1v) is 15.8. The summed E-state index contributed by atoms with van der Waals surface area (Å²) in [5, 5.41) is 1.74. The fourth-order valence-corrected chi connectivity index (χ4v) is 7.08. The highest BCUT2D eigenvalue weighted by molar-refractivity contribution is 7.07. The largest absolute Gasteiger partial charge is 0.496 e. The van der Waals surface area contributed by atoms with Crippen LogP contribution in [0.3, 0.4) is 0 Å². The van der Waals surface area contributed by atoms with Crippen molar-refractivity contribution in [1.82, 2.24) is 14.0 Å². The molecule has 0 bridgehead atoms. The summed E-state index contributed by atoms with van der Waals surface area (Å²) < 4.78 is 10.1. The van der Waals surface area contributed by atoms with Gasteiger partial charge in [-0.05, 0) is 56.7 Å². The van der Waals surface area contributed by atoms with Gasteiger partial charge in [0.2, 0.25) is 0 Å². The molecule has 5 aromatic rings. The van der Waals surface area contributed by atoms with Crippen molar-refractivity contribution in [3.63, 3.8) is 0 Å². The van der Waals surface area contributed by atoms with Crippen molar-refractivity contribution < 1.29 is 9.53 Å². The highest BCUT2D eigenvalue weighted by Crippen LogP contribution is 2.36. The minimum Gasteiger partial charge on any atom is -0.496 e. The normalized spacial score (nSPS) is 14.9. The molecule has 1 atom stereocenters. The van der Waals surface area contributed by atoms with Crippen LogP contribution in [-0.4, -0.2) is 40.1 Å². The van der Waals surface area contributed by atoms with Crippen LogP contribution in [0.1, 0.15) is 43.5 Å². The Morgan fingerprint density at radius 1 is 1.05 bits per heavy atom. The number of likely N-dealkylation sites (N-methyl/N-ethyl adjacent to an activating group) is 1. The van der Waals surface area contributed by atoms with Gasteiger partial charge in [0.25, 0.3) is 11.5 Å². The summed E-state index contributed by atoms with van der Waals surface area (Å²) in [6.45, 7) is 7.52. The van der Waals surface area contributed by atoms with Crippen molar-refractivity contribution in [3.8, 4) is 5.75 Å². The number of hydrogen-bond acceptors (Lipinski definition) is 5. The van der Waals surface area contributed by atoms with E-state index >= 15 is 0 Å². The molecule has 6 rings (SSSR count). The van der Waals surface area contributed by atoms with Gasteiger partial charge in [0, 0.05) is 52.9 Å². The minimum absolute atomic E-state index is 0.133. The zero-order chi connectivity index (χ0) is 31.0. The van der Waals surface area contributed by atoms with E-state index in [4.69, 9.17) is 21.3 Å². The topological polar surface area (TPSA) is 68.8 Å². The van der Waals surface area contributed by atoms with Crippen molar-refractivity contribution in [3.05, 3.63) is 132 Å². The summed E-state index contributed by atoms with van der Waals surface area (Å²) in [5.74, 6) is 0.476. The van der Waals surface area contributed by atoms with Crippen LogP contribution >= 0.6 is 22.9 Å². The Bertz CT molecular complexity index is 2080. The number of hydrogen-bond donors (Lipinski definition) is 0. The van der Waals surface area contributed by atoms with Crippen molar-refractivity contribution in [1.29, 1.82) is 0 Å². The number of halogens is 1. The maximum Gasteiger partial charge on any atom is 0.271 e. The molecule has 3 heterocycles. The Balaban J connectivity index is 1.53. The molecule has 7 nitrogen and oxygen atoms in total. The van der Waals surface area contributed by atoms with E-state index in [0.717, 1.165) is 27.6 Å². The third-order valence-corrected chi connectivity index (χ3v) is 9.34. The number of fused-ring (bicyclic) bond motifs is 2. The lowest BCUT2D eigenvalue weighted by molar-refractivity contribution is -0.127. The summed E-state index contributed by atoms with van der Waals surface area (Å²) in [6, 6.07) is 22.9. The number of benzene rings is 3. The molecular weight excluding hydrogens is 592 g/mol. The van der Waals surface area contributed by atoms with Crippen LogP contribution in [0.5, 0.6) is 5.75 Å². The van der Waals surface area contributed by atoms with Gasteiger partial charge in [-0.15, -0.1) is 0 Å². The zero-order valence-electron chi connectivity index (χ0n) is 25.1. The van der Waals surface area contributed by atoms with Gasteiger partial charge in [-0.2, -0.15) is 0 Å². The standard InChI is InChI=1S/C35H33ClN4O3S/c1-5-38(6-2)34(42)31-22(3)37-35-40(32(31)27-12-8-10-14-29(27)43-4)33(41)30(44-35)19-24-21-39(28-13-9-7-11-26(24)28)20-23-15-17-25(36)18-16-23/h7-19,21,32H,5-6,20H2,1-4H3/b30-19+/t32-/m1/s1. The first kappa shape index (κ1) is 29.7. The van der Waals surface area contributed by atoms with Gasteiger partial charge in [-0.25, -0.2) is 4.99 Å². The molecule has 9 heteroatoms. The van der Waals surface area contributed by atoms with Crippen LogP contribution in [0.2, 0.25) is 5.02 Å². The fraction of sp³-hybridized carbons (Fsp3) is 0.229. The number of thiazole rings is 1. The van der Waals surface area contributed by atoms with E-state index in [9.17, 15) is 9.59 Å². The maximum atomic E-state index is 14.3. The molecule has 1 amide bonds. The lowest BCUT2D eigenvalue weighted by Crippen LogP contribution is -2.43. The predicted octanol–water partition coefficient (Wildman–Crippen LogP) is 5.77. The van der Waals surface area contributed by atoms with E-state index in [1.807, 2.05) is 87.5 Å². The molecule has 2 aromatic heterocycles. The average molecular weight is 625 g/mol. The number of carbonyl (C=O) groups excluding carboxylic acids is 1. The summed E-state index contributed by atoms with van der Waals surface area (Å²) in [7, 11) is 1.60. The molecule has 0 saturated carbocycles. The van der Waals surface area contributed by atoms with E-state index in [2.05, 4.69) is 22.9 Å². The molecule has 0 fully saturated rings. The Labute approximate surface area is 264 Å². The van der Waals surface area contributed by atoms with E-state index in [-0.39, 0.29) is 11.5 Å². The highest BCUT2D eigenvalue weighted by atomic mass is 35.5. The SMILES string of the molecule is CCN(CC)C(=O)C1=C(C)N=c2s/c(=C/c3cn(Cc4ccc(Cl)cc4)c4ccccc34)c(=O)n2[C@@H]1c1ccccc1OC. The Hall–Kier alpha value is -4.40. The summed E-state index contributed by atoms with van der Waals surface area (Å²) in [6.07, 6.45) is 4.02. The smallest absolute Gasteiger partial charge is 0.271 e.